The zero-order valence-corrected chi connectivity index (χ0v) is 20.3. The van der Waals surface area contributed by atoms with Gasteiger partial charge in [-0.15, -0.1) is 0 Å². The van der Waals surface area contributed by atoms with Crippen LogP contribution in [0.15, 0.2) is 77.5 Å². The molecule has 3 aromatic carbocycles. The highest BCUT2D eigenvalue weighted by Crippen LogP contribution is 2.40. The SMILES string of the molecule is C=C(O)CCN(C)Cc1ccc(-c2noc(-c3ccc(-c4ccccc4C)c(C(F)(F)F)c3)n2)cc1F. The number of hydrogen-bond donors (Lipinski definition) is 1. The summed E-state index contributed by atoms with van der Waals surface area (Å²) >= 11 is 0. The molecule has 0 fully saturated rings. The first-order valence-electron chi connectivity index (χ1n) is 11.5. The minimum atomic E-state index is -4.60. The Labute approximate surface area is 211 Å². The lowest BCUT2D eigenvalue weighted by Crippen LogP contribution is -2.20. The summed E-state index contributed by atoms with van der Waals surface area (Å²) < 4.78 is 61.9. The third-order valence-electron chi connectivity index (χ3n) is 5.97. The lowest BCUT2D eigenvalue weighted by molar-refractivity contribution is -0.137. The molecule has 1 N–H and O–H groups in total. The molecule has 0 aliphatic rings. The van der Waals surface area contributed by atoms with Gasteiger partial charge in [0, 0.05) is 36.2 Å². The molecule has 9 heteroatoms. The Bertz CT molecular complexity index is 1430. The van der Waals surface area contributed by atoms with Crippen LogP contribution < -0.4 is 0 Å². The number of aliphatic hydroxyl groups is 1. The van der Waals surface area contributed by atoms with Crippen molar-refractivity contribution in [2.75, 3.05) is 13.6 Å². The largest absolute Gasteiger partial charge is 0.513 e. The predicted molar refractivity (Wildman–Crippen MR) is 133 cm³/mol. The number of halogens is 4. The summed E-state index contributed by atoms with van der Waals surface area (Å²) in [4.78, 5) is 6.05. The van der Waals surface area contributed by atoms with E-state index in [0.717, 1.165) is 11.6 Å². The number of aryl methyl sites for hydroxylation is 1. The van der Waals surface area contributed by atoms with E-state index >= 15 is 0 Å². The van der Waals surface area contributed by atoms with Crippen molar-refractivity contribution in [3.05, 3.63) is 95.5 Å². The number of benzene rings is 3. The van der Waals surface area contributed by atoms with Gasteiger partial charge in [0.25, 0.3) is 5.89 Å². The van der Waals surface area contributed by atoms with Gasteiger partial charge >= 0.3 is 6.18 Å². The fourth-order valence-electron chi connectivity index (χ4n) is 3.98. The van der Waals surface area contributed by atoms with Crippen LogP contribution in [0.1, 0.15) is 23.1 Å². The van der Waals surface area contributed by atoms with Crippen LogP contribution in [0, 0.1) is 12.7 Å². The first kappa shape index (κ1) is 26.1. The van der Waals surface area contributed by atoms with Gasteiger partial charge in [-0.25, -0.2) is 4.39 Å². The molecule has 4 rings (SSSR count). The van der Waals surface area contributed by atoms with Crippen LogP contribution in [0.4, 0.5) is 17.6 Å². The van der Waals surface area contributed by atoms with E-state index in [1.54, 1.807) is 50.4 Å². The van der Waals surface area contributed by atoms with Crippen LogP contribution in [-0.2, 0) is 12.7 Å². The summed E-state index contributed by atoms with van der Waals surface area (Å²) in [6, 6.07) is 15.2. The Morgan fingerprint density at radius 1 is 1.03 bits per heavy atom. The van der Waals surface area contributed by atoms with Gasteiger partial charge in [0.15, 0.2) is 0 Å². The van der Waals surface area contributed by atoms with Crippen molar-refractivity contribution in [2.45, 2.75) is 26.1 Å². The maximum atomic E-state index is 14.7. The first-order chi connectivity index (χ1) is 17.5. The summed E-state index contributed by atoms with van der Waals surface area (Å²) in [7, 11) is 1.79. The Morgan fingerprint density at radius 2 is 1.76 bits per heavy atom. The van der Waals surface area contributed by atoms with Gasteiger partial charge in [0.2, 0.25) is 5.82 Å². The highest BCUT2D eigenvalue weighted by atomic mass is 19.4. The fourth-order valence-corrected chi connectivity index (χ4v) is 3.98. The number of hydrogen-bond acceptors (Lipinski definition) is 5. The lowest BCUT2D eigenvalue weighted by atomic mass is 9.94. The quantitative estimate of drug-likeness (QED) is 0.197. The Balaban J connectivity index is 1.60. The Kier molecular flexibility index (Phi) is 7.45. The Hall–Kier alpha value is -3.98. The summed E-state index contributed by atoms with van der Waals surface area (Å²) in [5.41, 5.74) is 1.30. The summed E-state index contributed by atoms with van der Waals surface area (Å²) in [6.45, 7) is 6.00. The second kappa shape index (κ2) is 10.6. The molecule has 0 aliphatic heterocycles. The molecule has 0 unspecified atom stereocenters. The highest BCUT2D eigenvalue weighted by Gasteiger charge is 2.34. The molecular formula is C28H25F4N3O2. The average Bonchev–Trinajstić information content (AvgIpc) is 3.34. The maximum absolute atomic E-state index is 14.7. The summed E-state index contributed by atoms with van der Waals surface area (Å²) in [5, 5.41) is 13.1. The van der Waals surface area contributed by atoms with Gasteiger partial charge < -0.3 is 14.5 Å². The van der Waals surface area contributed by atoms with Crippen molar-refractivity contribution in [1.82, 2.24) is 15.0 Å². The number of alkyl halides is 3. The zero-order valence-electron chi connectivity index (χ0n) is 20.3. The van der Waals surface area contributed by atoms with Crippen molar-refractivity contribution >= 4 is 0 Å². The molecule has 0 atom stereocenters. The molecule has 37 heavy (non-hydrogen) atoms. The minimum absolute atomic E-state index is 0.0556. The number of aliphatic hydroxyl groups excluding tert-OH is 1. The molecule has 1 aromatic heterocycles. The average molecular weight is 512 g/mol. The van der Waals surface area contributed by atoms with Crippen molar-refractivity contribution < 1.29 is 27.2 Å². The molecule has 1 heterocycles. The van der Waals surface area contributed by atoms with Crippen molar-refractivity contribution in [3.63, 3.8) is 0 Å². The van der Waals surface area contributed by atoms with Gasteiger partial charge in [-0.1, -0.05) is 54.2 Å². The first-order valence-corrected chi connectivity index (χ1v) is 11.5. The van der Waals surface area contributed by atoms with E-state index < -0.39 is 17.6 Å². The third kappa shape index (κ3) is 6.06. The highest BCUT2D eigenvalue weighted by molar-refractivity contribution is 5.74. The van der Waals surface area contributed by atoms with Gasteiger partial charge in [-0.3, -0.25) is 0 Å². The Morgan fingerprint density at radius 3 is 2.43 bits per heavy atom. The molecule has 0 radical (unpaired) electrons. The summed E-state index contributed by atoms with van der Waals surface area (Å²) in [6.07, 6.45) is -4.23. The third-order valence-corrected chi connectivity index (χ3v) is 5.97. The van der Waals surface area contributed by atoms with Crippen LogP contribution in [0.2, 0.25) is 0 Å². The molecule has 5 nitrogen and oxygen atoms in total. The minimum Gasteiger partial charge on any atom is -0.513 e. The van der Waals surface area contributed by atoms with Crippen molar-refractivity contribution in [2.24, 2.45) is 0 Å². The van der Waals surface area contributed by atoms with E-state index in [2.05, 4.69) is 16.7 Å². The van der Waals surface area contributed by atoms with Gasteiger partial charge in [0.05, 0.1) is 11.3 Å². The maximum Gasteiger partial charge on any atom is 0.417 e. The zero-order chi connectivity index (χ0) is 26.7. The molecule has 0 aliphatic carbocycles. The molecule has 0 bridgehead atoms. The van der Waals surface area contributed by atoms with Crippen molar-refractivity contribution in [1.29, 1.82) is 0 Å². The van der Waals surface area contributed by atoms with Gasteiger partial charge in [0.1, 0.15) is 5.82 Å². The second-order valence-electron chi connectivity index (χ2n) is 8.86. The van der Waals surface area contributed by atoms with E-state index in [4.69, 9.17) is 4.52 Å². The van der Waals surface area contributed by atoms with E-state index in [-0.39, 0.29) is 28.6 Å². The van der Waals surface area contributed by atoms with E-state index in [1.165, 1.54) is 18.2 Å². The van der Waals surface area contributed by atoms with Crippen LogP contribution in [0.3, 0.4) is 0 Å². The normalized spacial score (nSPS) is 11.8. The lowest BCUT2D eigenvalue weighted by Gasteiger charge is -2.16. The number of aromatic nitrogens is 2. The van der Waals surface area contributed by atoms with Crippen LogP contribution in [0.5, 0.6) is 0 Å². The number of rotatable bonds is 8. The van der Waals surface area contributed by atoms with Gasteiger partial charge in [-0.05, 0) is 48.9 Å². The predicted octanol–water partition coefficient (Wildman–Crippen LogP) is 7.43. The van der Waals surface area contributed by atoms with E-state index in [0.29, 0.717) is 36.2 Å². The van der Waals surface area contributed by atoms with Gasteiger partial charge in [-0.2, -0.15) is 18.2 Å². The molecule has 0 saturated carbocycles. The van der Waals surface area contributed by atoms with Crippen LogP contribution >= 0.6 is 0 Å². The number of nitrogens with zero attached hydrogens (tertiary/aromatic N) is 3. The van der Waals surface area contributed by atoms with E-state index in [1.807, 2.05) is 4.90 Å². The molecule has 0 amide bonds. The van der Waals surface area contributed by atoms with Crippen molar-refractivity contribution in [3.8, 4) is 34.0 Å². The smallest absolute Gasteiger partial charge is 0.417 e. The molecule has 0 spiro atoms. The monoisotopic (exact) mass is 511 g/mol. The molecule has 4 aromatic rings. The fraction of sp³-hybridized carbons (Fsp3) is 0.214. The summed E-state index contributed by atoms with van der Waals surface area (Å²) in [5.74, 6) is -0.476. The molecule has 0 saturated heterocycles. The second-order valence-corrected chi connectivity index (χ2v) is 8.86. The van der Waals surface area contributed by atoms with E-state index in [9.17, 15) is 22.7 Å². The standard InChI is InChI=1S/C28H25F4N3O2/c1-17-6-4-5-7-22(17)23-11-10-20(14-24(23)28(30,31)32)27-33-26(34-37-27)19-8-9-21(25(29)15-19)16-35(3)13-12-18(2)36/h4-11,14-15,36H,2,12-13,16H2,1,3H3. The topological polar surface area (TPSA) is 62.4 Å². The molecular weight excluding hydrogens is 486 g/mol. The molecule has 192 valence electrons. The van der Waals surface area contributed by atoms with Crippen LogP contribution in [-0.4, -0.2) is 33.7 Å². The van der Waals surface area contributed by atoms with Crippen LogP contribution in [0.25, 0.3) is 34.0 Å².